The lowest BCUT2D eigenvalue weighted by Crippen LogP contribution is -2.68. The van der Waals surface area contributed by atoms with Gasteiger partial charge in [0.1, 0.15) is 0 Å². The molecule has 106 valence electrons. The van der Waals surface area contributed by atoms with E-state index >= 15 is 0 Å². The Hall–Kier alpha value is -0.120. The molecule has 0 aromatic heterocycles. The molecule has 2 rings (SSSR count). The van der Waals surface area contributed by atoms with E-state index in [0.29, 0.717) is 6.10 Å². The van der Waals surface area contributed by atoms with Crippen molar-refractivity contribution >= 4 is 0 Å². The average Bonchev–Trinajstić information content (AvgIpc) is 2.35. The fourth-order valence-electron chi connectivity index (χ4n) is 3.10. The smallest absolute Gasteiger partial charge is 0.0702 e. The quantitative estimate of drug-likeness (QED) is 0.837. The van der Waals surface area contributed by atoms with E-state index in [1.807, 2.05) is 0 Å². The minimum Gasteiger partial charge on any atom is -0.377 e. The second kappa shape index (κ2) is 5.48. The molecular weight excluding hydrogens is 224 g/mol. The van der Waals surface area contributed by atoms with Crippen LogP contribution in [0.15, 0.2) is 0 Å². The molecule has 3 heteroatoms. The van der Waals surface area contributed by atoms with Gasteiger partial charge in [-0.15, -0.1) is 0 Å². The highest BCUT2D eigenvalue weighted by atomic mass is 16.5. The number of ether oxygens (including phenoxy) is 1. The molecule has 3 nitrogen and oxygen atoms in total. The summed E-state index contributed by atoms with van der Waals surface area (Å²) in [7, 11) is 0. The predicted molar refractivity (Wildman–Crippen MR) is 75.9 cm³/mol. The van der Waals surface area contributed by atoms with Crippen LogP contribution in [-0.4, -0.2) is 48.3 Å². The van der Waals surface area contributed by atoms with Crippen LogP contribution in [0.1, 0.15) is 53.4 Å². The van der Waals surface area contributed by atoms with Crippen molar-refractivity contribution in [3.8, 4) is 0 Å². The SMILES string of the molecule is CCC1(C)CNC(C)(C)CN1CC1CCCCO1. The Morgan fingerprint density at radius 1 is 1.28 bits per heavy atom. The minimum absolute atomic E-state index is 0.226. The molecule has 2 aliphatic heterocycles. The van der Waals surface area contributed by atoms with Crippen LogP contribution in [0.5, 0.6) is 0 Å². The Kier molecular flexibility index (Phi) is 4.35. The molecule has 0 radical (unpaired) electrons. The van der Waals surface area contributed by atoms with E-state index in [0.717, 1.165) is 26.2 Å². The standard InChI is InChI=1S/C15H30N2O/c1-5-15(4)11-16-14(2,3)12-17(15)10-13-8-6-7-9-18-13/h13,16H,5-12H2,1-4H3. The van der Waals surface area contributed by atoms with Gasteiger partial charge in [-0.2, -0.15) is 0 Å². The molecule has 2 aliphatic rings. The summed E-state index contributed by atoms with van der Waals surface area (Å²) in [5.41, 5.74) is 0.514. The third-order valence-electron chi connectivity index (χ3n) is 4.76. The molecule has 0 bridgehead atoms. The Morgan fingerprint density at radius 2 is 2.06 bits per heavy atom. The Balaban J connectivity index is 2.00. The molecule has 0 aromatic carbocycles. The largest absolute Gasteiger partial charge is 0.377 e. The van der Waals surface area contributed by atoms with Crippen molar-refractivity contribution in [1.29, 1.82) is 0 Å². The summed E-state index contributed by atoms with van der Waals surface area (Å²) in [6.07, 6.45) is 5.48. The first-order chi connectivity index (χ1) is 8.45. The Labute approximate surface area is 112 Å². The normalized spacial score (nSPS) is 37.7. The number of nitrogens with zero attached hydrogens (tertiary/aromatic N) is 1. The molecule has 0 aromatic rings. The monoisotopic (exact) mass is 254 g/mol. The third kappa shape index (κ3) is 3.25. The Bertz CT molecular complexity index is 274. The topological polar surface area (TPSA) is 24.5 Å². The lowest BCUT2D eigenvalue weighted by molar-refractivity contribution is -0.0510. The van der Waals surface area contributed by atoms with Gasteiger partial charge in [0.25, 0.3) is 0 Å². The molecule has 1 N–H and O–H groups in total. The molecule has 2 atom stereocenters. The average molecular weight is 254 g/mol. The van der Waals surface area contributed by atoms with Crippen molar-refractivity contribution in [3.63, 3.8) is 0 Å². The zero-order valence-corrected chi connectivity index (χ0v) is 12.6. The van der Waals surface area contributed by atoms with Crippen LogP contribution in [0.3, 0.4) is 0 Å². The van der Waals surface area contributed by atoms with Gasteiger partial charge in [0.15, 0.2) is 0 Å². The zero-order chi connectivity index (χ0) is 13.2. The van der Waals surface area contributed by atoms with Gasteiger partial charge in [-0.25, -0.2) is 0 Å². The van der Waals surface area contributed by atoms with Gasteiger partial charge in [0.05, 0.1) is 6.10 Å². The molecule has 0 saturated carbocycles. The first-order valence-corrected chi connectivity index (χ1v) is 7.57. The van der Waals surface area contributed by atoms with Crippen LogP contribution in [-0.2, 0) is 4.74 Å². The van der Waals surface area contributed by atoms with Gasteiger partial charge in [-0.05, 0) is 46.5 Å². The zero-order valence-electron chi connectivity index (χ0n) is 12.6. The van der Waals surface area contributed by atoms with E-state index in [1.54, 1.807) is 0 Å². The molecule has 0 spiro atoms. The highest BCUT2D eigenvalue weighted by molar-refractivity contribution is 4.99. The molecular formula is C15H30N2O. The molecule has 2 saturated heterocycles. The molecule has 2 heterocycles. The summed E-state index contributed by atoms with van der Waals surface area (Å²) < 4.78 is 5.92. The minimum atomic E-state index is 0.226. The van der Waals surface area contributed by atoms with Gasteiger partial charge in [0, 0.05) is 37.3 Å². The fraction of sp³-hybridized carbons (Fsp3) is 1.00. The van der Waals surface area contributed by atoms with E-state index in [1.165, 1.54) is 25.7 Å². The van der Waals surface area contributed by atoms with Gasteiger partial charge >= 0.3 is 0 Å². The summed E-state index contributed by atoms with van der Waals surface area (Å²) in [6.45, 7) is 13.6. The predicted octanol–water partition coefficient (Wildman–Crippen LogP) is 2.41. The van der Waals surface area contributed by atoms with E-state index in [4.69, 9.17) is 4.74 Å². The van der Waals surface area contributed by atoms with E-state index < -0.39 is 0 Å². The van der Waals surface area contributed by atoms with Gasteiger partial charge < -0.3 is 10.1 Å². The van der Waals surface area contributed by atoms with Crippen molar-refractivity contribution in [2.24, 2.45) is 0 Å². The van der Waals surface area contributed by atoms with Crippen LogP contribution < -0.4 is 5.32 Å². The summed E-state index contributed by atoms with van der Waals surface area (Å²) in [4.78, 5) is 2.67. The van der Waals surface area contributed by atoms with Crippen LogP contribution in [0.4, 0.5) is 0 Å². The number of hydrogen-bond acceptors (Lipinski definition) is 3. The van der Waals surface area contributed by atoms with Gasteiger partial charge in [-0.1, -0.05) is 6.92 Å². The summed E-state index contributed by atoms with van der Waals surface area (Å²) in [5, 5.41) is 3.68. The van der Waals surface area contributed by atoms with Crippen LogP contribution in [0.25, 0.3) is 0 Å². The van der Waals surface area contributed by atoms with Crippen LogP contribution in [0.2, 0.25) is 0 Å². The molecule has 0 aliphatic carbocycles. The first-order valence-electron chi connectivity index (χ1n) is 7.57. The molecule has 18 heavy (non-hydrogen) atoms. The van der Waals surface area contributed by atoms with Gasteiger partial charge in [0.2, 0.25) is 0 Å². The van der Waals surface area contributed by atoms with Crippen LogP contribution in [0, 0.1) is 0 Å². The third-order valence-corrected chi connectivity index (χ3v) is 4.76. The van der Waals surface area contributed by atoms with Crippen molar-refractivity contribution in [2.75, 3.05) is 26.2 Å². The summed E-state index contributed by atoms with van der Waals surface area (Å²) in [5.74, 6) is 0. The maximum Gasteiger partial charge on any atom is 0.0702 e. The fourth-order valence-corrected chi connectivity index (χ4v) is 3.10. The highest BCUT2D eigenvalue weighted by Gasteiger charge is 2.40. The van der Waals surface area contributed by atoms with Crippen molar-refractivity contribution in [1.82, 2.24) is 10.2 Å². The molecule has 2 unspecified atom stereocenters. The maximum absolute atomic E-state index is 5.92. The van der Waals surface area contributed by atoms with Crippen molar-refractivity contribution in [3.05, 3.63) is 0 Å². The number of piperazine rings is 1. The lowest BCUT2D eigenvalue weighted by Gasteiger charge is -2.52. The number of nitrogens with one attached hydrogen (secondary N) is 1. The van der Waals surface area contributed by atoms with E-state index in [-0.39, 0.29) is 11.1 Å². The van der Waals surface area contributed by atoms with Crippen LogP contribution >= 0.6 is 0 Å². The van der Waals surface area contributed by atoms with Gasteiger partial charge in [-0.3, -0.25) is 4.90 Å². The first kappa shape index (κ1) is 14.3. The van der Waals surface area contributed by atoms with E-state index in [2.05, 4.69) is 37.9 Å². The Morgan fingerprint density at radius 3 is 2.67 bits per heavy atom. The highest BCUT2D eigenvalue weighted by Crippen LogP contribution is 2.28. The van der Waals surface area contributed by atoms with E-state index in [9.17, 15) is 0 Å². The van der Waals surface area contributed by atoms with Crippen molar-refractivity contribution < 1.29 is 4.74 Å². The summed E-state index contributed by atoms with van der Waals surface area (Å²) in [6, 6.07) is 0. The second-order valence-corrected chi connectivity index (χ2v) is 6.96. The molecule has 2 fully saturated rings. The summed E-state index contributed by atoms with van der Waals surface area (Å²) >= 11 is 0. The lowest BCUT2D eigenvalue weighted by atomic mass is 9.87. The number of rotatable bonds is 3. The maximum atomic E-state index is 5.92. The molecule has 0 amide bonds. The second-order valence-electron chi connectivity index (χ2n) is 6.96. The van der Waals surface area contributed by atoms with Crippen molar-refractivity contribution in [2.45, 2.75) is 70.6 Å². The number of hydrogen-bond donors (Lipinski definition) is 1.